The van der Waals surface area contributed by atoms with Gasteiger partial charge in [0.25, 0.3) is 0 Å². The third-order valence-corrected chi connectivity index (χ3v) is 5.57. The highest BCUT2D eigenvalue weighted by Crippen LogP contribution is 2.26. The van der Waals surface area contributed by atoms with Gasteiger partial charge in [0.1, 0.15) is 0 Å². The molecule has 0 saturated heterocycles. The fraction of sp³-hybridized carbons (Fsp3) is 0.316. The number of nitrogens with zero attached hydrogens (tertiary/aromatic N) is 3. The molecule has 0 aliphatic heterocycles. The van der Waals surface area contributed by atoms with E-state index in [0.29, 0.717) is 29.2 Å². The van der Waals surface area contributed by atoms with Crippen molar-refractivity contribution in [3.05, 3.63) is 57.6 Å². The number of aromatic nitrogens is 2. The first-order valence-corrected chi connectivity index (χ1v) is 9.81. The van der Waals surface area contributed by atoms with E-state index in [1.165, 1.54) is 4.88 Å². The molecule has 28 heavy (non-hydrogen) atoms. The minimum absolute atomic E-state index is 0. The van der Waals surface area contributed by atoms with E-state index in [-0.39, 0.29) is 29.4 Å². The van der Waals surface area contributed by atoms with Gasteiger partial charge in [-0.15, -0.1) is 35.3 Å². The topological polar surface area (TPSA) is 75.3 Å². The Kier molecular flexibility index (Phi) is 8.26. The van der Waals surface area contributed by atoms with Gasteiger partial charge in [-0.3, -0.25) is 4.99 Å². The summed E-state index contributed by atoms with van der Waals surface area (Å²) in [5.74, 6) is 1.71. The predicted octanol–water partition coefficient (Wildman–Crippen LogP) is 4.71. The van der Waals surface area contributed by atoms with Crippen LogP contribution in [0.5, 0.6) is 0 Å². The van der Waals surface area contributed by atoms with Gasteiger partial charge in [-0.25, -0.2) is 0 Å². The average Bonchev–Trinajstić information content (AvgIpc) is 3.35. The van der Waals surface area contributed by atoms with Crippen molar-refractivity contribution in [2.75, 3.05) is 13.6 Å². The van der Waals surface area contributed by atoms with Crippen LogP contribution in [0.3, 0.4) is 0 Å². The van der Waals surface area contributed by atoms with Crippen molar-refractivity contribution in [2.24, 2.45) is 4.99 Å². The van der Waals surface area contributed by atoms with Crippen molar-refractivity contribution in [1.29, 1.82) is 0 Å². The predicted molar refractivity (Wildman–Crippen MR) is 126 cm³/mol. The standard InChI is InChI=1S/C19H22ClN5OS.HI/c1-19(2,15-5-4-10-27-15)12-23-18(21-3)22-11-16-24-17(25-26-16)13-6-8-14(20)9-7-13;/h4-10H,11-12H2,1-3H3,(H2,21,22,23);1H. The Morgan fingerprint density at radius 2 is 1.96 bits per heavy atom. The summed E-state index contributed by atoms with van der Waals surface area (Å²) >= 11 is 7.66. The molecule has 3 rings (SSSR count). The number of rotatable bonds is 6. The molecule has 0 aliphatic rings. The van der Waals surface area contributed by atoms with Crippen LogP contribution in [0, 0.1) is 0 Å². The molecule has 150 valence electrons. The second kappa shape index (κ2) is 10.2. The van der Waals surface area contributed by atoms with Crippen LogP contribution in [0.25, 0.3) is 11.4 Å². The van der Waals surface area contributed by atoms with Crippen LogP contribution >= 0.6 is 46.9 Å². The maximum atomic E-state index is 5.91. The number of benzene rings is 1. The van der Waals surface area contributed by atoms with Crippen LogP contribution in [0.2, 0.25) is 5.02 Å². The molecule has 0 fully saturated rings. The zero-order chi connectivity index (χ0) is 19.3. The van der Waals surface area contributed by atoms with Crippen LogP contribution in [0.1, 0.15) is 24.6 Å². The summed E-state index contributed by atoms with van der Waals surface area (Å²) in [6, 6.07) is 11.5. The van der Waals surface area contributed by atoms with Crippen molar-refractivity contribution >= 4 is 52.9 Å². The lowest BCUT2D eigenvalue weighted by atomic mass is 9.91. The van der Waals surface area contributed by atoms with E-state index in [1.54, 1.807) is 30.5 Å². The van der Waals surface area contributed by atoms with E-state index in [4.69, 9.17) is 16.1 Å². The summed E-state index contributed by atoms with van der Waals surface area (Å²) in [6.07, 6.45) is 0. The maximum absolute atomic E-state index is 5.91. The largest absolute Gasteiger partial charge is 0.356 e. The van der Waals surface area contributed by atoms with Gasteiger partial charge in [0, 0.05) is 34.5 Å². The van der Waals surface area contributed by atoms with Crippen molar-refractivity contribution in [3.8, 4) is 11.4 Å². The monoisotopic (exact) mass is 531 g/mol. The number of aliphatic imine (C=N–C) groups is 1. The SMILES string of the molecule is CN=C(NCc1nc(-c2ccc(Cl)cc2)no1)NCC(C)(C)c1cccs1.I. The third kappa shape index (κ3) is 5.92. The molecule has 0 bridgehead atoms. The highest BCUT2D eigenvalue weighted by Gasteiger charge is 2.22. The van der Waals surface area contributed by atoms with E-state index in [2.05, 4.69) is 57.1 Å². The second-order valence-electron chi connectivity index (χ2n) is 6.66. The van der Waals surface area contributed by atoms with Gasteiger partial charge < -0.3 is 15.2 Å². The Hall–Kier alpha value is -1.65. The van der Waals surface area contributed by atoms with Crippen LogP contribution in [0.4, 0.5) is 0 Å². The third-order valence-electron chi connectivity index (χ3n) is 4.09. The van der Waals surface area contributed by atoms with Crippen LogP contribution < -0.4 is 10.6 Å². The Morgan fingerprint density at radius 1 is 1.21 bits per heavy atom. The highest BCUT2D eigenvalue weighted by atomic mass is 127. The maximum Gasteiger partial charge on any atom is 0.246 e. The summed E-state index contributed by atoms with van der Waals surface area (Å²) in [4.78, 5) is 9.99. The number of thiophene rings is 1. The normalized spacial score (nSPS) is 11.8. The highest BCUT2D eigenvalue weighted by molar-refractivity contribution is 14.0. The lowest BCUT2D eigenvalue weighted by Crippen LogP contribution is -2.43. The minimum atomic E-state index is 0. The van der Waals surface area contributed by atoms with Crippen molar-refractivity contribution in [2.45, 2.75) is 25.8 Å². The first kappa shape index (κ1) is 22.6. The zero-order valence-electron chi connectivity index (χ0n) is 15.9. The molecule has 0 aliphatic carbocycles. The van der Waals surface area contributed by atoms with Crippen molar-refractivity contribution in [3.63, 3.8) is 0 Å². The lowest BCUT2D eigenvalue weighted by Gasteiger charge is -2.24. The van der Waals surface area contributed by atoms with E-state index >= 15 is 0 Å². The molecule has 0 radical (unpaired) electrons. The van der Waals surface area contributed by atoms with E-state index in [1.807, 2.05) is 12.1 Å². The Morgan fingerprint density at radius 3 is 2.61 bits per heavy atom. The molecule has 0 amide bonds. The second-order valence-corrected chi connectivity index (χ2v) is 8.04. The molecule has 6 nitrogen and oxygen atoms in total. The first-order chi connectivity index (χ1) is 13.0. The van der Waals surface area contributed by atoms with E-state index in [0.717, 1.165) is 12.1 Å². The fourth-order valence-electron chi connectivity index (χ4n) is 2.48. The molecule has 0 unspecified atom stereocenters. The van der Waals surface area contributed by atoms with Crippen molar-refractivity contribution in [1.82, 2.24) is 20.8 Å². The van der Waals surface area contributed by atoms with Crippen LogP contribution in [-0.2, 0) is 12.0 Å². The molecule has 0 saturated carbocycles. The summed E-state index contributed by atoms with van der Waals surface area (Å²) in [5, 5.41) is 13.3. The Labute approximate surface area is 190 Å². The quantitative estimate of drug-likeness (QED) is 0.274. The van der Waals surface area contributed by atoms with Gasteiger partial charge in [-0.1, -0.05) is 36.7 Å². The molecule has 1 aromatic carbocycles. The molecule has 0 atom stereocenters. The Bertz CT molecular complexity index is 893. The van der Waals surface area contributed by atoms with Gasteiger partial charge in [0.05, 0.1) is 6.54 Å². The summed E-state index contributed by atoms with van der Waals surface area (Å²) in [7, 11) is 1.74. The zero-order valence-corrected chi connectivity index (χ0v) is 19.8. The van der Waals surface area contributed by atoms with E-state index in [9.17, 15) is 0 Å². The lowest BCUT2D eigenvalue weighted by molar-refractivity contribution is 0.375. The first-order valence-electron chi connectivity index (χ1n) is 8.55. The van der Waals surface area contributed by atoms with Gasteiger partial charge in [-0.2, -0.15) is 4.98 Å². The fourth-order valence-corrected chi connectivity index (χ4v) is 3.46. The number of guanidine groups is 1. The van der Waals surface area contributed by atoms with Gasteiger partial charge in [-0.05, 0) is 35.7 Å². The number of hydrogen-bond acceptors (Lipinski definition) is 5. The molecule has 3 aromatic rings. The summed E-state index contributed by atoms with van der Waals surface area (Å²) < 4.78 is 5.31. The molecule has 2 N–H and O–H groups in total. The minimum Gasteiger partial charge on any atom is -0.356 e. The smallest absolute Gasteiger partial charge is 0.246 e. The number of nitrogens with one attached hydrogen (secondary N) is 2. The van der Waals surface area contributed by atoms with Gasteiger partial charge in [0.2, 0.25) is 11.7 Å². The van der Waals surface area contributed by atoms with Crippen molar-refractivity contribution < 1.29 is 4.52 Å². The van der Waals surface area contributed by atoms with Gasteiger partial charge in [0.15, 0.2) is 5.96 Å². The molecular formula is C19H23ClIN5OS. The van der Waals surface area contributed by atoms with Crippen LogP contribution in [-0.4, -0.2) is 29.7 Å². The molecule has 2 heterocycles. The Balaban J connectivity index is 0.00000280. The number of halogens is 2. The molecular weight excluding hydrogens is 509 g/mol. The number of hydrogen-bond donors (Lipinski definition) is 2. The van der Waals surface area contributed by atoms with Gasteiger partial charge >= 0.3 is 0 Å². The summed E-state index contributed by atoms with van der Waals surface area (Å²) in [6.45, 7) is 5.55. The molecule has 2 aromatic heterocycles. The summed E-state index contributed by atoms with van der Waals surface area (Å²) in [5.41, 5.74) is 0.868. The van der Waals surface area contributed by atoms with Crippen LogP contribution in [0.15, 0.2) is 51.3 Å². The molecule has 0 spiro atoms. The van der Waals surface area contributed by atoms with E-state index < -0.39 is 0 Å². The molecule has 9 heteroatoms. The average molecular weight is 532 g/mol.